The van der Waals surface area contributed by atoms with Crippen LogP contribution in [-0.2, 0) is 9.59 Å². The van der Waals surface area contributed by atoms with Crippen LogP contribution in [0.3, 0.4) is 0 Å². The molecule has 0 aliphatic carbocycles. The fourth-order valence-corrected chi connectivity index (χ4v) is 2.39. The Labute approximate surface area is 120 Å². The normalized spacial score (nSPS) is 12.1. The maximum absolute atomic E-state index is 12.7. The number of hydrogen-bond donors (Lipinski definition) is 3. The average Bonchev–Trinajstić information content (AvgIpc) is 2.44. The van der Waals surface area contributed by atoms with Gasteiger partial charge in [0, 0.05) is 14.1 Å². The summed E-state index contributed by atoms with van der Waals surface area (Å²) in [4.78, 5) is 25.4. The molecule has 7 heteroatoms. The second-order valence-electron chi connectivity index (χ2n) is 4.90. The van der Waals surface area contributed by atoms with Gasteiger partial charge in [-0.2, -0.15) is 0 Å². The third-order valence-electron chi connectivity index (χ3n) is 3.37. The molecule has 0 heterocycles. The third-order valence-corrected chi connectivity index (χ3v) is 3.37. The Morgan fingerprint density at radius 3 is 2.15 bits per heavy atom. The predicted molar refractivity (Wildman–Crippen MR) is 77.4 cm³/mol. The molecule has 0 aromatic carbocycles. The van der Waals surface area contributed by atoms with Gasteiger partial charge in [0.05, 0.1) is 6.54 Å². The molecule has 0 aliphatic heterocycles. The van der Waals surface area contributed by atoms with Crippen molar-refractivity contribution in [1.82, 2.24) is 10.2 Å². The van der Waals surface area contributed by atoms with Gasteiger partial charge in [0.1, 0.15) is 5.41 Å². The molecule has 0 aromatic heterocycles. The second kappa shape index (κ2) is 8.39. The highest BCUT2D eigenvalue weighted by Gasteiger charge is 2.43. The van der Waals surface area contributed by atoms with E-state index in [0.717, 1.165) is 12.8 Å². The third kappa shape index (κ3) is 4.11. The molecule has 116 valence electrons. The topological polar surface area (TPSA) is 108 Å². The highest BCUT2D eigenvalue weighted by Crippen LogP contribution is 2.32. The number of carbonyl (C=O) groups excluding carboxylic acids is 2. The molecule has 0 aliphatic rings. The van der Waals surface area contributed by atoms with Crippen molar-refractivity contribution < 1.29 is 14.8 Å². The Morgan fingerprint density at radius 1 is 1.30 bits per heavy atom. The number of carbonyl (C=O) groups is 2. The van der Waals surface area contributed by atoms with E-state index in [1.807, 2.05) is 13.8 Å². The van der Waals surface area contributed by atoms with Gasteiger partial charge in [-0.1, -0.05) is 31.8 Å². The molecule has 0 saturated carbocycles. The van der Waals surface area contributed by atoms with Crippen LogP contribution in [-0.4, -0.2) is 48.4 Å². The summed E-state index contributed by atoms with van der Waals surface area (Å²) in [7, 11) is 3.05. The van der Waals surface area contributed by atoms with Gasteiger partial charge < -0.3 is 21.2 Å². The summed E-state index contributed by atoms with van der Waals surface area (Å²) in [6, 6.07) is 0. The zero-order valence-corrected chi connectivity index (χ0v) is 12.8. The molecule has 0 atom stereocenters. The van der Waals surface area contributed by atoms with Crippen LogP contribution in [0.4, 0.5) is 0 Å². The Balaban J connectivity index is 5.38. The van der Waals surface area contributed by atoms with Gasteiger partial charge in [0.2, 0.25) is 11.8 Å². The van der Waals surface area contributed by atoms with Crippen molar-refractivity contribution in [3.63, 3.8) is 0 Å². The molecule has 0 fully saturated rings. The van der Waals surface area contributed by atoms with Gasteiger partial charge in [-0.3, -0.25) is 9.59 Å². The lowest BCUT2D eigenvalue weighted by molar-refractivity contribution is -0.141. The maximum Gasteiger partial charge on any atom is 0.239 e. The summed E-state index contributed by atoms with van der Waals surface area (Å²) in [5.41, 5.74) is 4.74. The number of oxime groups is 1. The summed E-state index contributed by atoms with van der Waals surface area (Å²) >= 11 is 0. The fraction of sp³-hybridized carbons (Fsp3) is 0.769. The van der Waals surface area contributed by atoms with E-state index < -0.39 is 5.41 Å². The number of rotatable bonds is 8. The maximum atomic E-state index is 12.7. The molecule has 20 heavy (non-hydrogen) atoms. The summed E-state index contributed by atoms with van der Waals surface area (Å²) in [6.07, 6.45) is 2.40. The van der Waals surface area contributed by atoms with E-state index in [9.17, 15) is 9.59 Å². The standard InChI is InChI=1S/C13H26N4O3/c1-5-7-13(8-6-2,11(14)16-20)12(19)17(4)9-10(18)15-3/h20H,5-9H2,1-4H3,(H2,14,16)(H,15,18). The van der Waals surface area contributed by atoms with Crippen LogP contribution < -0.4 is 11.1 Å². The lowest BCUT2D eigenvalue weighted by Gasteiger charge is -2.34. The first-order valence-electron chi connectivity index (χ1n) is 6.83. The van der Waals surface area contributed by atoms with Gasteiger partial charge >= 0.3 is 0 Å². The second-order valence-corrected chi connectivity index (χ2v) is 4.90. The van der Waals surface area contributed by atoms with Crippen LogP contribution in [0.2, 0.25) is 0 Å². The van der Waals surface area contributed by atoms with E-state index in [4.69, 9.17) is 10.9 Å². The highest BCUT2D eigenvalue weighted by atomic mass is 16.4. The molecule has 0 bridgehead atoms. The van der Waals surface area contributed by atoms with Gasteiger partial charge in [0.25, 0.3) is 0 Å². The van der Waals surface area contributed by atoms with E-state index in [2.05, 4.69) is 10.5 Å². The van der Waals surface area contributed by atoms with Crippen LogP contribution in [0.1, 0.15) is 39.5 Å². The number of amides is 2. The number of nitrogens with zero attached hydrogens (tertiary/aromatic N) is 2. The molecule has 2 amide bonds. The van der Waals surface area contributed by atoms with Crippen LogP contribution in [0, 0.1) is 5.41 Å². The predicted octanol–water partition coefficient (Wildman–Crippen LogP) is 0.524. The number of hydrogen-bond acceptors (Lipinski definition) is 4. The van der Waals surface area contributed by atoms with E-state index >= 15 is 0 Å². The molecule has 0 aromatic rings. The summed E-state index contributed by atoms with van der Waals surface area (Å²) in [5.74, 6) is -0.641. The highest BCUT2D eigenvalue weighted by molar-refractivity contribution is 6.07. The van der Waals surface area contributed by atoms with Crippen LogP contribution in [0.25, 0.3) is 0 Å². The van der Waals surface area contributed by atoms with Crippen molar-refractivity contribution in [2.24, 2.45) is 16.3 Å². The van der Waals surface area contributed by atoms with Crippen molar-refractivity contribution >= 4 is 17.6 Å². The van der Waals surface area contributed by atoms with Crippen LogP contribution >= 0.6 is 0 Å². The zero-order chi connectivity index (χ0) is 15.8. The quantitative estimate of drug-likeness (QED) is 0.262. The van der Waals surface area contributed by atoms with Crippen molar-refractivity contribution in [2.75, 3.05) is 20.6 Å². The minimum Gasteiger partial charge on any atom is -0.409 e. The van der Waals surface area contributed by atoms with Gasteiger partial charge in [0.15, 0.2) is 5.84 Å². The number of amidine groups is 1. The first kappa shape index (κ1) is 18.2. The van der Waals surface area contributed by atoms with Gasteiger partial charge in [-0.15, -0.1) is 0 Å². The fourth-order valence-electron chi connectivity index (χ4n) is 2.39. The molecule has 0 radical (unpaired) electrons. The minimum atomic E-state index is -1.04. The van der Waals surface area contributed by atoms with E-state index in [1.54, 1.807) is 7.05 Å². The first-order chi connectivity index (χ1) is 9.39. The van der Waals surface area contributed by atoms with Crippen molar-refractivity contribution in [3.8, 4) is 0 Å². The summed E-state index contributed by atoms with van der Waals surface area (Å²) < 4.78 is 0. The summed E-state index contributed by atoms with van der Waals surface area (Å²) in [6.45, 7) is 3.81. The monoisotopic (exact) mass is 286 g/mol. The van der Waals surface area contributed by atoms with E-state index in [-0.39, 0.29) is 24.2 Å². The largest absolute Gasteiger partial charge is 0.409 e. The van der Waals surface area contributed by atoms with Crippen LogP contribution in [0.15, 0.2) is 5.16 Å². The van der Waals surface area contributed by atoms with Crippen molar-refractivity contribution in [2.45, 2.75) is 39.5 Å². The molecule has 0 spiro atoms. The Morgan fingerprint density at radius 2 is 1.80 bits per heavy atom. The SMILES string of the molecule is CCCC(CCC)(C(=O)N(C)CC(=O)NC)C(N)=NO. The van der Waals surface area contributed by atoms with Gasteiger partial charge in [-0.25, -0.2) is 0 Å². The Kier molecular flexibility index (Phi) is 7.64. The minimum absolute atomic E-state index is 0.0524. The Hall–Kier alpha value is -1.79. The molecule has 7 nitrogen and oxygen atoms in total. The summed E-state index contributed by atoms with van der Waals surface area (Å²) in [5, 5.41) is 14.5. The molecule has 0 saturated heterocycles. The van der Waals surface area contributed by atoms with E-state index in [0.29, 0.717) is 12.8 Å². The molecule has 4 N–H and O–H groups in total. The average molecular weight is 286 g/mol. The lowest BCUT2D eigenvalue weighted by Crippen LogP contribution is -2.52. The first-order valence-corrected chi connectivity index (χ1v) is 6.83. The van der Waals surface area contributed by atoms with E-state index in [1.165, 1.54) is 11.9 Å². The van der Waals surface area contributed by atoms with Gasteiger partial charge in [-0.05, 0) is 12.8 Å². The smallest absolute Gasteiger partial charge is 0.239 e. The number of nitrogens with two attached hydrogens (primary N) is 1. The molecule has 0 rings (SSSR count). The van der Waals surface area contributed by atoms with Crippen molar-refractivity contribution in [1.29, 1.82) is 0 Å². The molecule has 0 unspecified atom stereocenters. The number of likely N-dealkylation sites (N-methyl/N-ethyl adjacent to an activating group) is 2. The Bertz CT molecular complexity index is 363. The van der Waals surface area contributed by atoms with Crippen molar-refractivity contribution in [3.05, 3.63) is 0 Å². The lowest BCUT2D eigenvalue weighted by atomic mass is 9.76. The number of nitrogens with one attached hydrogen (secondary N) is 1. The molecular formula is C13H26N4O3. The zero-order valence-electron chi connectivity index (χ0n) is 12.8. The molecular weight excluding hydrogens is 260 g/mol. The van der Waals surface area contributed by atoms with Crippen LogP contribution in [0.5, 0.6) is 0 Å².